The Morgan fingerprint density at radius 1 is 1.34 bits per heavy atom. The number of nitrogens with two attached hydrogens (primary N) is 1. The number of rotatable bonds is 5. The Morgan fingerprint density at radius 2 is 2.21 bits per heavy atom. The van der Waals surface area contributed by atoms with Gasteiger partial charge in [0.2, 0.25) is 5.91 Å². The molecule has 0 saturated carbocycles. The van der Waals surface area contributed by atoms with Crippen LogP contribution in [0.3, 0.4) is 0 Å². The molecule has 1 amide bonds. The van der Waals surface area contributed by atoms with Gasteiger partial charge in [-0.3, -0.25) is 14.7 Å². The number of anilines is 1. The van der Waals surface area contributed by atoms with Crippen LogP contribution in [0.4, 0.5) is 5.82 Å². The zero-order chi connectivity index (χ0) is 20.4. The third-order valence-corrected chi connectivity index (χ3v) is 5.17. The molecule has 2 aromatic heterocycles. The average molecular weight is 392 g/mol. The minimum absolute atomic E-state index is 0.138. The second kappa shape index (κ2) is 8.00. The van der Waals surface area contributed by atoms with Crippen molar-refractivity contribution in [3.8, 4) is 17.0 Å². The van der Waals surface area contributed by atoms with Crippen LogP contribution in [0.1, 0.15) is 18.4 Å². The van der Waals surface area contributed by atoms with Gasteiger partial charge in [-0.05, 0) is 56.1 Å². The highest BCUT2D eigenvalue weighted by Crippen LogP contribution is 2.34. The fourth-order valence-corrected chi connectivity index (χ4v) is 3.85. The molecular formula is C21H24N6O2. The van der Waals surface area contributed by atoms with Crippen LogP contribution in [0.5, 0.6) is 5.75 Å². The first kappa shape index (κ1) is 19.1. The fourth-order valence-electron chi connectivity index (χ4n) is 3.85. The third-order valence-electron chi connectivity index (χ3n) is 5.17. The van der Waals surface area contributed by atoms with Gasteiger partial charge in [0, 0.05) is 29.7 Å². The summed E-state index contributed by atoms with van der Waals surface area (Å²) in [4.78, 5) is 17.8. The highest BCUT2D eigenvalue weighted by molar-refractivity contribution is 5.98. The lowest BCUT2D eigenvalue weighted by Gasteiger charge is -2.32. The van der Waals surface area contributed by atoms with Gasteiger partial charge in [-0.2, -0.15) is 0 Å². The zero-order valence-corrected chi connectivity index (χ0v) is 16.3. The van der Waals surface area contributed by atoms with Crippen molar-refractivity contribution in [2.75, 3.05) is 25.0 Å². The number of hydrogen-bond acceptors (Lipinski definition) is 7. The molecule has 8 nitrogen and oxygen atoms in total. The van der Waals surface area contributed by atoms with Crippen molar-refractivity contribution in [3.05, 3.63) is 42.1 Å². The van der Waals surface area contributed by atoms with Gasteiger partial charge in [0.15, 0.2) is 5.82 Å². The number of amides is 1. The number of nitrogens with one attached hydrogen (secondary N) is 1. The van der Waals surface area contributed by atoms with Crippen LogP contribution in [0.25, 0.3) is 22.2 Å². The van der Waals surface area contributed by atoms with E-state index in [1.54, 1.807) is 12.3 Å². The van der Waals surface area contributed by atoms with Crippen molar-refractivity contribution in [2.45, 2.75) is 25.8 Å². The lowest BCUT2D eigenvalue weighted by Crippen LogP contribution is -2.45. The molecule has 1 aliphatic rings. The summed E-state index contributed by atoms with van der Waals surface area (Å²) in [5.41, 5.74) is 8.12. The number of nitrogens with zero attached hydrogens (tertiary/aromatic N) is 4. The number of aryl methyl sites for hydroxylation is 1. The zero-order valence-electron chi connectivity index (χ0n) is 16.3. The van der Waals surface area contributed by atoms with Gasteiger partial charge >= 0.3 is 0 Å². The maximum atomic E-state index is 11.2. The molecule has 0 bridgehead atoms. The molecular weight excluding hydrogens is 368 g/mol. The Kier molecular flexibility index (Phi) is 5.26. The highest BCUT2D eigenvalue weighted by Gasteiger charge is 2.23. The van der Waals surface area contributed by atoms with Crippen LogP contribution in [0.2, 0.25) is 0 Å². The number of phenols is 1. The van der Waals surface area contributed by atoms with E-state index in [2.05, 4.69) is 25.4 Å². The molecule has 0 radical (unpaired) electrons. The second-order valence-electron chi connectivity index (χ2n) is 7.50. The number of carbonyl (C=O) groups excluding carboxylic acids is 1. The maximum absolute atomic E-state index is 11.2. The predicted octanol–water partition coefficient (Wildman–Crippen LogP) is 2.07. The minimum atomic E-state index is -0.317. The number of piperidine rings is 1. The summed E-state index contributed by atoms with van der Waals surface area (Å²) in [6.07, 6.45) is 3.65. The third kappa shape index (κ3) is 4.12. The number of primary amides is 1. The smallest absolute Gasteiger partial charge is 0.231 e. The topological polar surface area (TPSA) is 117 Å². The molecule has 1 unspecified atom stereocenters. The normalized spacial score (nSPS) is 17.3. The Morgan fingerprint density at radius 3 is 3.00 bits per heavy atom. The first-order chi connectivity index (χ1) is 14.0. The lowest BCUT2D eigenvalue weighted by molar-refractivity contribution is -0.119. The van der Waals surface area contributed by atoms with E-state index in [9.17, 15) is 9.90 Å². The molecule has 3 heterocycles. The van der Waals surface area contributed by atoms with Crippen LogP contribution in [-0.2, 0) is 4.79 Å². The van der Waals surface area contributed by atoms with E-state index in [0.29, 0.717) is 29.1 Å². The molecule has 1 saturated heterocycles. The summed E-state index contributed by atoms with van der Waals surface area (Å²) in [6, 6.07) is 9.39. The van der Waals surface area contributed by atoms with Crippen LogP contribution >= 0.6 is 0 Å². The SMILES string of the molecule is Cc1ccc(-c2nnc(NC3CCCN(CC(N)=O)C3)c3cccnc23)c(O)c1. The molecule has 0 spiro atoms. The number of fused-ring (bicyclic) bond motifs is 1. The number of likely N-dealkylation sites (tertiary alicyclic amines) is 1. The first-order valence-corrected chi connectivity index (χ1v) is 9.70. The summed E-state index contributed by atoms with van der Waals surface area (Å²) in [5, 5.41) is 23.5. The number of aromatic nitrogens is 3. The van der Waals surface area contributed by atoms with E-state index in [0.717, 1.165) is 30.3 Å². The number of hydrogen-bond donors (Lipinski definition) is 3. The number of carbonyl (C=O) groups is 1. The van der Waals surface area contributed by atoms with Gasteiger partial charge in [0.1, 0.15) is 17.0 Å². The largest absolute Gasteiger partial charge is 0.507 e. The number of phenolic OH excluding ortho intramolecular Hbond substituents is 1. The first-order valence-electron chi connectivity index (χ1n) is 9.70. The van der Waals surface area contributed by atoms with Gasteiger partial charge < -0.3 is 16.2 Å². The van der Waals surface area contributed by atoms with Gasteiger partial charge in [-0.25, -0.2) is 0 Å². The number of aromatic hydroxyl groups is 1. The molecule has 4 rings (SSSR count). The Hall–Kier alpha value is -3.26. The van der Waals surface area contributed by atoms with Crippen molar-refractivity contribution in [3.63, 3.8) is 0 Å². The van der Waals surface area contributed by atoms with Gasteiger partial charge in [0.05, 0.1) is 6.54 Å². The Balaban J connectivity index is 1.66. The number of benzene rings is 1. The average Bonchev–Trinajstić information content (AvgIpc) is 2.69. The van der Waals surface area contributed by atoms with E-state index < -0.39 is 0 Å². The molecule has 3 aromatic rings. The highest BCUT2D eigenvalue weighted by atomic mass is 16.3. The van der Waals surface area contributed by atoms with Crippen LogP contribution in [0, 0.1) is 6.92 Å². The van der Waals surface area contributed by atoms with E-state index in [1.165, 1.54) is 0 Å². The second-order valence-corrected chi connectivity index (χ2v) is 7.50. The number of pyridine rings is 1. The van der Waals surface area contributed by atoms with Crippen molar-refractivity contribution >= 4 is 22.6 Å². The van der Waals surface area contributed by atoms with Crippen LogP contribution in [-0.4, -0.2) is 56.8 Å². The van der Waals surface area contributed by atoms with E-state index in [-0.39, 0.29) is 24.2 Å². The molecule has 8 heteroatoms. The minimum Gasteiger partial charge on any atom is -0.507 e. The molecule has 1 fully saturated rings. The summed E-state index contributed by atoms with van der Waals surface area (Å²) in [5.74, 6) is 0.484. The van der Waals surface area contributed by atoms with Crippen molar-refractivity contribution in [1.82, 2.24) is 20.1 Å². The monoisotopic (exact) mass is 392 g/mol. The predicted molar refractivity (Wildman–Crippen MR) is 111 cm³/mol. The summed E-state index contributed by atoms with van der Waals surface area (Å²) in [7, 11) is 0. The van der Waals surface area contributed by atoms with E-state index in [4.69, 9.17) is 5.73 Å². The van der Waals surface area contributed by atoms with E-state index >= 15 is 0 Å². The van der Waals surface area contributed by atoms with Gasteiger partial charge in [-0.1, -0.05) is 6.07 Å². The molecule has 150 valence electrons. The van der Waals surface area contributed by atoms with Crippen LogP contribution in [0.15, 0.2) is 36.5 Å². The van der Waals surface area contributed by atoms with Gasteiger partial charge in [-0.15, -0.1) is 10.2 Å². The standard InChI is InChI=1S/C21H24N6O2/c1-13-6-7-15(17(28)10-13)20-19-16(5-2-8-23-19)21(26-25-20)24-14-4-3-9-27(11-14)12-18(22)29/h2,5-8,10,14,28H,3-4,9,11-12H2,1H3,(H2,22,29)(H,24,26). The van der Waals surface area contributed by atoms with Crippen molar-refractivity contribution in [1.29, 1.82) is 0 Å². The van der Waals surface area contributed by atoms with Crippen LogP contribution < -0.4 is 11.1 Å². The molecule has 0 aliphatic carbocycles. The summed E-state index contributed by atoms with van der Waals surface area (Å²) >= 11 is 0. The maximum Gasteiger partial charge on any atom is 0.231 e. The Labute approximate surface area is 168 Å². The van der Waals surface area contributed by atoms with Crippen molar-refractivity contribution in [2.24, 2.45) is 5.73 Å². The Bertz CT molecular complexity index is 1050. The summed E-state index contributed by atoms with van der Waals surface area (Å²) < 4.78 is 0. The van der Waals surface area contributed by atoms with Crippen molar-refractivity contribution < 1.29 is 9.90 Å². The molecule has 1 aliphatic heterocycles. The lowest BCUT2D eigenvalue weighted by atomic mass is 10.0. The molecule has 29 heavy (non-hydrogen) atoms. The molecule has 1 atom stereocenters. The van der Waals surface area contributed by atoms with E-state index in [1.807, 2.05) is 31.2 Å². The summed E-state index contributed by atoms with van der Waals surface area (Å²) in [6.45, 7) is 3.76. The molecule has 1 aromatic carbocycles. The quantitative estimate of drug-likeness (QED) is 0.608. The fraction of sp³-hybridized carbons (Fsp3) is 0.333. The molecule has 4 N–H and O–H groups in total. The van der Waals surface area contributed by atoms with Gasteiger partial charge in [0.25, 0.3) is 0 Å².